The summed E-state index contributed by atoms with van der Waals surface area (Å²) in [4.78, 5) is 11.5. The Morgan fingerprint density at radius 3 is 2.37 bits per heavy atom. The van der Waals surface area contributed by atoms with Crippen LogP contribution >= 0.6 is 0 Å². The fourth-order valence-corrected chi connectivity index (χ4v) is 2.47. The van der Waals surface area contributed by atoms with Crippen LogP contribution in [0.2, 0.25) is 0 Å². The van der Waals surface area contributed by atoms with Crippen molar-refractivity contribution in [1.29, 1.82) is 0 Å². The summed E-state index contributed by atoms with van der Waals surface area (Å²) in [6.45, 7) is 3.76. The topological polar surface area (TPSA) is 57.5 Å². The lowest BCUT2D eigenvalue weighted by Crippen LogP contribution is -2.37. The fraction of sp³-hybridized carbons (Fsp3) is 0.562. The SMILES string of the molecule is CCCCCC[C@](C)(O)[C@H](C(=O)O)c1ccccc1. The molecule has 0 radical (unpaired) electrons. The molecule has 0 aliphatic carbocycles. The predicted octanol–water partition coefficient (Wildman–Crippen LogP) is 3.58. The van der Waals surface area contributed by atoms with Gasteiger partial charge in [0.15, 0.2) is 0 Å². The molecule has 0 amide bonds. The van der Waals surface area contributed by atoms with Crippen LogP contribution in [0, 0.1) is 0 Å². The first-order valence-corrected chi connectivity index (χ1v) is 6.99. The minimum absolute atomic E-state index is 0.513. The molecular weight excluding hydrogens is 240 g/mol. The molecule has 106 valence electrons. The lowest BCUT2D eigenvalue weighted by Gasteiger charge is -2.30. The Morgan fingerprint density at radius 1 is 1.21 bits per heavy atom. The van der Waals surface area contributed by atoms with E-state index >= 15 is 0 Å². The Labute approximate surface area is 115 Å². The van der Waals surface area contributed by atoms with Crippen molar-refractivity contribution in [2.75, 3.05) is 0 Å². The zero-order valence-electron chi connectivity index (χ0n) is 11.8. The molecule has 0 aliphatic rings. The van der Waals surface area contributed by atoms with Crippen LogP contribution < -0.4 is 0 Å². The molecule has 2 atom stereocenters. The standard InChI is InChI=1S/C16H24O3/c1-3-4-5-9-12-16(2,19)14(15(17)18)13-10-7-6-8-11-13/h6-8,10-11,14,19H,3-5,9,12H2,1-2H3,(H,17,18)/t14-,16-/m0/s1. The van der Waals surface area contributed by atoms with Gasteiger partial charge in [-0.25, -0.2) is 0 Å². The second kappa shape index (κ2) is 7.29. The van der Waals surface area contributed by atoms with E-state index in [4.69, 9.17) is 0 Å². The number of aliphatic carboxylic acids is 1. The maximum atomic E-state index is 11.5. The number of hydrogen-bond acceptors (Lipinski definition) is 2. The monoisotopic (exact) mass is 264 g/mol. The number of carbonyl (C=O) groups is 1. The quantitative estimate of drug-likeness (QED) is 0.706. The number of carboxylic acids is 1. The van der Waals surface area contributed by atoms with Crippen LogP contribution in [0.4, 0.5) is 0 Å². The summed E-state index contributed by atoms with van der Waals surface area (Å²) >= 11 is 0. The van der Waals surface area contributed by atoms with E-state index in [0.717, 1.165) is 25.7 Å². The van der Waals surface area contributed by atoms with Crippen molar-refractivity contribution >= 4 is 5.97 Å². The summed E-state index contributed by atoms with van der Waals surface area (Å²) in [6, 6.07) is 8.98. The first-order valence-electron chi connectivity index (χ1n) is 6.99. The first kappa shape index (κ1) is 15.7. The molecule has 0 saturated heterocycles. The van der Waals surface area contributed by atoms with Crippen molar-refractivity contribution in [1.82, 2.24) is 0 Å². The molecule has 0 heterocycles. The van der Waals surface area contributed by atoms with Crippen LogP contribution in [0.3, 0.4) is 0 Å². The lowest BCUT2D eigenvalue weighted by molar-refractivity contribution is -0.145. The van der Waals surface area contributed by atoms with Crippen LogP contribution in [-0.2, 0) is 4.79 Å². The molecule has 1 rings (SSSR count). The average molecular weight is 264 g/mol. The Hall–Kier alpha value is -1.35. The summed E-state index contributed by atoms with van der Waals surface area (Å²) in [7, 11) is 0. The highest BCUT2D eigenvalue weighted by Gasteiger charge is 2.38. The Morgan fingerprint density at radius 2 is 1.84 bits per heavy atom. The van der Waals surface area contributed by atoms with Crippen molar-refractivity contribution in [2.45, 2.75) is 57.5 Å². The van der Waals surface area contributed by atoms with Gasteiger partial charge in [-0.15, -0.1) is 0 Å². The Kier molecular flexibility index (Phi) is 6.03. The van der Waals surface area contributed by atoms with Crippen LogP contribution in [0.15, 0.2) is 30.3 Å². The van der Waals surface area contributed by atoms with Crippen LogP contribution in [0.1, 0.15) is 57.4 Å². The molecule has 0 unspecified atom stereocenters. The van der Waals surface area contributed by atoms with Crippen molar-refractivity contribution in [3.8, 4) is 0 Å². The van der Waals surface area contributed by atoms with Gasteiger partial charge in [0, 0.05) is 0 Å². The van der Waals surface area contributed by atoms with Gasteiger partial charge in [0.2, 0.25) is 0 Å². The lowest BCUT2D eigenvalue weighted by atomic mass is 9.80. The molecule has 19 heavy (non-hydrogen) atoms. The van der Waals surface area contributed by atoms with Gasteiger partial charge in [-0.2, -0.15) is 0 Å². The molecule has 1 aromatic carbocycles. The third-order valence-corrected chi connectivity index (χ3v) is 3.54. The highest BCUT2D eigenvalue weighted by Crippen LogP contribution is 2.32. The van der Waals surface area contributed by atoms with E-state index in [0.29, 0.717) is 12.0 Å². The van der Waals surface area contributed by atoms with E-state index < -0.39 is 17.5 Å². The number of carboxylic acid groups (broad SMARTS) is 1. The van der Waals surface area contributed by atoms with Crippen molar-refractivity contribution in [3.63, 3.8) is 0 Å². The fourth-order valence-electron chi connectivity index (χ4n) is 2.47. The molecule has 3 heteroatoms. The zero-order chi connectivity index (χ0) is 14.3. The highest BCUT2D eigenvalue weighted by atomic mass is 16.4. The first-order chi connectivity index (χ1) is 8.99. The molecule has 0 aliphatic heterocycles. The van der Waals surface area contributed by atoms with E-state index in [1.54, 1.807) is 31.2 Å². The van der Waals surface area contributed by atoms with Crippen LogP contribution in [0.5, 0.6) is 0 Å². The van der Waals surface area contributed by atoms with E-state index in [-0.39, 0.29) is 0 Å². The molecule has 0 aromatic heterocycles. The van der Waals surface area contributed by atoms with Gasteiger partial charge >= 0.3 is 5.97 Å². The van der Waals surface area contributed by atoms with Gasteiger partial charge in [0.1, 0.15) is 5.92 Å². The van der Waals surface area contributed by atoms with Gasteiger partial charge in [0.25, 0.3) is 0 Å². The Bertz CT molecular complexity index is 384. The summed E-state index contributed by atoms with van der Waals surface area (Å²) < 4.78 is 0. The van der Waals surface area contributed by atoms with E-state index in [1.807, 2.05) is 6.07 Å². The molecule has 3 nitrogen and oxygen atoms in total. The highest BCUT2D eigenvalue weighted by molar-refractivity contribution is 5.77. The minimum atomic E-state index is -1.21. The van der Waals surface area contributed by atoms with Crippen molar-refractivity contribution in [2.24, 2.45) is 0 Å². The minimum Gasteiger partial charge on any atom is -0.481 e. The van der Waals surface area contributed by atoms with Gasteiger partial charge in [-0.3, -0.25) is 4.79 Å². The number of rotatable bonds is 8. The summed E-state index contributed by atoms with van der Waals surface area (Å²) in [5.74, 6) is -1.83. The van der Waals surface area contributed by atoms with Gasteiger partial charge < -0.3 is 10.2 Å². The number of unbranched alkanes of at least 4 members (excludes halogenated alkanes) is 3. The summed E-state index contributed by atoms with van der Waals surface area (Å²) in [5.41, 5.74) is -0.545. The smallest absolute Gasteiger partial charge is 0.313 e. The molecule has 1 aromatic rings. The van der Waals surface area contributed by atoms with E-state index in [9.17, 15) is 15.0 Å². The second-order valence-electron chi connectivity index (χ2n) is 5.35. The maximum absolute atomic E-state index is 11.5. The van der Waals surface area contributed by atoms with Crippen LogP contribution in [-0.4, -0.2) is 21.8 Å². The predicted molar refractivity (Wildman–Crippen MR) is 76.2 cm³/mol. The molecule has 0 fully saturated rings. The molecule has 0 saturated carbocycles. The molecular formula is C16H24O3. The normalized spacial score (nSPS) is 15.7. The van der Waals surface area contributed by atoms with E-state index in [2.05, 4.69) is 6.92 Å². The van der Waals surface area contributed by atoms with Gasteiger partial charge in [-0.1, -0.05) is 62.9 Å². The van der Waals surface area contributed by atoms with Crippen molar-refractivity contribution in [3.05, 3.63) is 35.9 Å². The van der Waals surface area contributed by atoms with Crippen molar-refractivity contribution < 1.29 is 15.0 Å². The third kappa shape index (κ3) is 4.67. The zero-order valence-corrected chi connectivity index (χ0v) is 11.8. The van der Waals surface area contributed by atoms with Crippen LogP contribution in [0.25, 0.3) is 0 Å². The molecule has 0 bridgehead atoms. The molecule has 0 spiro atoms. The van der Waals surface area contributed by atoms with Gasteiger partial charge in [-0.05, 0) is 18.9 Å². The third-order valence-electron chi connectivity index (χ3n) is 3.54. The maximum Gasteiger partial charge on any atom is 0.313 e. The number of benzene rings is 1. The number of aliphatic hydroxyl groups is 1. The second-order valence-corrected chi connectivity index (χ2v) is 5.35. The average Bonchev–Trinajstić information content (AvgIpc) is 2.35. The van der Waals surface area contributed by atoms with E-state index in [1.165, 1.54) is 0 Å². The summed E-state index contributed by atoms with van der Waals surface area (Å²) in [5, 5.41) is 19.9. The van der Waals surface area contributed by atoms with Gasteiger partial charge in [0.05, 0.1) is 5.60 Å². The molecule has 2 N–H and O–H groups in total. The number of hydrogen-bond donors (Lipinski definition) is 2. The largest absolute Gasteiger partial charge is 0.481 e. The summed E-state index contributed by atoms with van der Waals surface area (Å²) in [6.07, 6.45) is 4.66. The Balaban J connectivity index is 2.77.